The molecule has 0 N–H and O–H groups in total. The number of fused-ring (bicyclic) bond motifs is 1. The van der Waals surface area contributed by atoms with Gasteiger partial charge >= 0.3 is 0 Å². The number of aromatic nitrogens is 1. The lowest BCUT2D eigenvalue weighted by molar-refractivity contribution is -0.133. The summed E-state index contributed by atoms with van der Waals surface area (Å²) in [7, 11) is 0. The summed E-state index contributed by atoms with van der Waals surface area (Å²) in [6, 6.07) is 4.86. The Labute approximate surface area is 160 Å². The third-order valence-corrected chi connectivity index (χ3v) is 4.92. The van der Waals surface area contributed by atoms with Crippen LogP contribution in [0.2, 0.25) is 0 Å². The van der Waals surface area contributed by atoms with E-state index in [1.54, 1.807) is 6.08 Å². The fourth-order valence-corrected chi connectivity index (χ4v) is 3.45. The predicted octanol–water partition coefficient (Wildman–Crippen LogP) is 4.90. The molecular weight excluding hydrogens is 374 g/mol. The molecule has 0 fully saturated rings. The summed E-state index contributed by atoms with van der Waals surface area (Å²) in [5, 5.41) is 0. The molecule has 0 amide bonds. The van der Waals surface area contributed by atoms with E-state index in [-0.39, 0.29) is 43.4 Å². The van der Waals surface area contributed by atoms with Gasteiger partial charge in [-0.2, -0.15) is 0 Å². The number of aryl methyl sites for hydroxylation is 1. The van der Waals surface area contributed by atoms with Crippen molar-refractivity contribution in [2.75, 3.05) is 6.61 Å². The number of rotatable bonds is 7. The molecule has 0 spiro atoms. The standard InChI is InChI=1S/C21H19F4NO2/c1-2-12-28-16-9-10-21(25,14-4-3-11-26-20(14)16)17(27)8-6-13-5-7-15(22)19(24)18(13)23/h2-5,7,11,16H,1,6,8-10,12H2/t16-,21-/m0/s1. The van der Waals surface area contributed by atoms with E-state index in [9.17, 15) is 18.0 Å². The molecule has 2 aromatic rings. The second-order valence-corrected chi connectivity index (χ2v) is 6.64. The van der Waals surface area contributed by atoms with Crippen molar-refractivity contribution in [2.24, 2.45) is 0 Å². The fraction of sp³-hybridized carbons (Fsp3) is 0.333. The summed E-state index contributed by atoms with van der Waals surface area (Å²) in [6.45, 7) is 3.84. The second kappa shape index (κ2) is 8.22. The van der Waals surface area contributed by atoms with Gasteiger partial charge in [-0.15, -0.1) is 6.58 Å². The molecule has 1 aliphatic carbocycles. The first-order valence-electron chi connectivity index (χ1n) is 8.91. The number of ketones is 1. The first-order chi connectivity index (χ1) is 13.4. The van der Waals surface area contributed by atoms with Gasteiger partial charge in [-0.25, -0.2) is 17.6 Å². The predicted molar refractivity (Wildman–Crippen MR) is 94.8 cm³/mol. The van der Waals surface area contributed by atoms with Crippen LogP contribution in [0.15, 0.2) is 43.1 Å². The molecule has 7 heteroatoms. The number of hydrogen-bond acceptors (Lipinski definition) is 3. The van der Waals surface area contributed by atoms with Crippen molar-refractivity contribution < 1.29 is 27.1 Å². The molecule has 1 aromatic heterocycles. The van der Waals surface area contributed by atoms with Crippen molar-refractivity contribution in [3.05, 3.63) is 77.4 Å². The first kappa shape index (κ1) is 20.2. The molecule has 148 valence electrons. The number of ether oxygens (including phenoxy) is 1. The Morgan fingerprint density at radius 1 is 1.29 bits per heavy atom. The van der Waals surface area contributed by atoms with Gasteiger partial charge in [0.05, 0.1) is 12.3 Å². The lowest BCUT2D eigenvalue weighted by Gasteiger charge is -2.34. The molecule has 0 aliphatic heterocycles. The Morgan fingerprint density at radius 3 is 2.82 bits per heavy atom. The Morgan fingerprint density at radius 2 is 2.07 bits per heavy atom. The smallest absolute Gasteiger partial charge is 0.195 e. The van der Waals surface area contributed by atoms with Gasteiger partial charge in [0.2, 0.25) is 0 Å². The third kappa shape index (κ3) is 3.71. The number of halogens is 4. The van der Waals surface area contributed by atoms with Gasteiger partial charge in [-0.3, -0.25) is 9.78 Å². The van der Waals surface area contributed by atoms with Crippen LogP contribution in [-0.2, 0) is 21.6 Å². The largest absolute Gasteiger partial charge is 0.368 e. The number of carbonyl (C=O) groups is 1. The van der Waals surface area contributed by atoms with Gasteiger partial charge in [-0.05, 0) is 37.0 Å². The highest BCUT2D eigenvalue weighted by molar-refractivity contribution is 5.89. The lowest BCUT2D eigenvalue weighted by Crippen LogP contribution is -2.37. The quantitative estimate of drug-likeness (QED) is 0.381. The molecule has 1 heterocycles. The van der Waals surface area contributed by atoms with Crippen molar-refractivity contribution in [3.8, 4) is 0 Å². The zero-order chi connectivity index (χ0) is 20.3. The van der Waals surface area contributed by atoms with E-state index in [2.05, 4.69) is 11.6 Å². The third-order valence-electron chi connectivity index (χ3n) is 4.92. The highest BCUT2D eigenvalue weighted by Gasteiger charge is 2.46. The monoisotopic (exact) mass is 393 g/mol. The van der Waals surface area contributed by atoms with E-state index in [0.717, 1.165) is 12.1 Å². The van der Waals surface area contributed by atoms with Gasteiger partial charge in [0, 0.05) is 18.2 Å². The SMILES string of the molecule is C=CCO[C@H]1CC[C@@](F)(C(=O)CCc2ccc(F)c(F)c2F)c2cccnc21. The second-order valence-electron chi connectivity index (χ2n) is 6.64. The molecular formula is C21H19F4NO2. The molecule has 0 bridgehead atoms. The lowest BCUT2D eigenvalue weighted by atomic mass is 9.77. The highest BCUT2D eigenvalue weighted by atomic mass is 19.2. The van der Waals surface area contributed by atoms with Crippen LogP contribution in [0.25, 0.3) is 0 Å². The Bertz CT molecular complexity index is 902. The van der Waals surface area contributed by atoms with E-state index in [4.69, 9.17) is 4.74 Å². The minimum absolute atomic E-state index is 0.105. The van der Waals surface area contributed by atoms with Crippen LogP contribution in [0.4, 0.5) is 17.6 Å². The highest BCUT2D eigenvalue weighted by Crippen LogP contribution is 2.44. The summed E-state index contributed by atoms with van der Waals surface area (Å²) in [5.74, 6) is -5.03. The van der Waals surface area contributed by atoms with Crippen LogP contribution in [-0.4, -0.2) is 17.4 Å². The maximum atomic E-state index is 15.7. The van der Waals surface area contributed by atoms with Crippen LogP contribution in [0.5, 0.6) is 0 Å². The van der Waals surface area contributed by atoms with Crippen LogP contribution >= 0.6 is 0 Å². The van der Waals surface area contributed by atoms with E-state index >= 15 is 4.39 Å². The zero-order valence-corrected chi connectivity index (χ0v) is 15.1. The number of pyridine rings is 1. The molecule has 3 rings (SSSR count). The van der Waals surface area contributed by atoms with E-state index in [1.165, 1.54) is 18.3 Å². The summed E-state index contributed by atoms with van der Waals surface area (Å²) in [4.78, 5) is 16.9. The van der Waals surface area contributed by atoms with Gasteiger partial charge in [0.25, 0.3) is 0 Å². The molecule has 3 nitrogen and oxygen atoms in total. The van der Waals surface area contributed by atoms with Gasteiger partial charge in [0.1, 0.15) is 6.10 Å². The van der Waals surface area contributed by atoms with Gasteiger partial charge in [0.15, 0.2) is 28.9 Å². The Balaban J connectivity index is 1.81. The maximum absolute atomic E-state index is 15.7. The molecule has 1 aromatic carbocycles. The van der Waals surface area contributed by atoms with Crippen LogP contribution in [0.3, 0.4) is 0 Å². The number of benzene rings is 1. The molecule has 1 aliphatic rings. The summed E-state index contributed by atoms with van der Waals surface area (Å²) >= 11 is 0. The minimum atomic E-state index is -2.29. The summed E-state index contributed by atoms with van der Waals surface area (Å²) in [6.07, 6.45) is 2.17. The zero-order valence-electron chi connectivity index (χ0n) is 15.1. The first-order valence-corrected chi connectivity index (χ1v) is 8.91. The number of Topliss-reactive ketones (excluding diaryl/α,β-unsaturated/α-hetero) is 1. The van der Waals surface area contributed by atoms with Crippen LogP contribution in [0.1, 0.15) is 42.2 Å². The molecule has 0 radical (unpaired) electrons. The van der Waals surface area contributed by atoms with E-state index in [0.29, 0.717) is 5.69 Å². The Hall–Kier alpha value is -2.54. The summed E-state index contributed by atoms with van der Waals surface area (Å²) < 4.78 is 61.5. The number of alkyl halides is 1. The van der Waals surface area contributed by atoms with Crippen molar-refractivity contribution in [1.29, 1.82) is 0 Å². The Kier molecular flexibility index (Phi) is 5.93. The normalized spacial score (nSPS) is 21.2. The molecule has 0 saturated carbocycles. The number of carbonyl (C=O) groups excluding carboxylic acids is 1. The molecule has 0 unspecified atom stereocenters. The van der Waals surface area contributed by atoms with Gasteiger partial charge < -0.3 is 4.74 Å². The van der Waals surface area contributed by atoms with Crippen LogP contribution in [0, 0.1) is 17.5 Å². The van der Waals surface area contributed by atoms with Crippen molar-refractivity contribution in [2.45, 2.75) is 37.5 Å². The topological polar surface area (TPSA) is 39.2 Å². The van der Waals surface area contributed by atoms with Crippen molar-refractivity contribution in [1.82, 2.24) is 4.98 Å². The maximum Gasteiger partial charge on any atom is 0.195 e. The molecule has 0 saturated heterocycles. The summed E-state index contributed by atoms with van der Waals surface area (Å²) in [5.41, 5.74) is -1.98. The van der Waals surface area contributed by atoms with E-state index < -0.39 is 35.0 Å². The number of nitrogens with zero attached hydrogens (tertiary/aromatic N) is 1. The molecule has 28 heavy (non-hydrogen) atoms. The average molecular weight is 393 g/mol. The molecule has 2 atom stereocenters. The fourth-order valence-electron chi connectivity index (χ4n) is 3.45. The van der Waals surface area contributed by atoms with E-state index in [1.807, 2.05) is 0 Å². The van der Waals surface area contributed by atoms with Gasteiger partial charge in [-0.1, -0.05) is 18.2 Å². The van der Waals surface area contributed by atoms with Crippen molar-refractivity contribution >= 4 is 5.78 Å². The average Bonchev–Trinajstić information content (AvgIpc) is 2.71. The van der Waals surface area contributed by atoms with Crippen LogP contribution < -0.4 is 0 Å². The minimum Gasteiger partial charge on any atom is -0.368 e. The van der Waals surface area contributed by atoms with Crippen molar-refractivity contribution in [3.63, 3.8) is 0 Å². The number of hydrogen-bond donors (Lipinski definition) is 0.